The van der Waals surface area contributed by atoms with Gasteiger partial charge >= 0.3 is 0 Å². The molecular formula is C14H21NO3S. The minimum Gasteiger partial charge on any atom is -0.495 e. The predicted octanol–water partition coefficient (Wildman–Crippen LogP) is 2.43. The Labute approximate surface area is 117 Å². The molecule has 106 valence electrons. The molecule has 1 heterocycles. The second kappa shape index (κ2) is 6.39. The van der Waals surface area contributed by atoms with E-state index in [4.69, 9.17) is 4.74 Å². The number of hydrogen-bond acceptors (Lipinski definition) is 4. The van der Waals surface area contributed by atoms with Gasteiger partial charge in [-0.15, -0.1) is 11.3 Å². The lowest BCUT2D eigenvalue weighted by Gasteiger charge is -2.35. The lowest BCUT2D eigenvalue weighted by Crippen LogP contribution is -2.41. The summed E-state index contributed by atoms with van der Waals surface area (Å²) in [4.78, 5) is 12.7. The van der Waals surface area contributed by atoms with E-state index < -0.39 is 0 Å². The Balaban J connectivity index is 1.95. The third-order valence-electron chi connectivity index (χ3n) is 3.93. The molecule has 0 atom stereocenters. The number of methoxy groups -OCH3 is 1. The van der Waals surface area contributed by atoms with Gasteiger partial charge in [0.05, 0.1) is 13.7 Å². The van der Waals surface area contributed by atoms with Crippen LogP contribution < -0.4 is 10.1 Å². The zero-order valence-electron chi connectivity index (χ0n) is 11.3. The largest absolute Gasteiger partial charge is 0.495 e. The lowest BCUT2D eigenvalue weighted by atomic mass is 9.74. The Hall–Kier alpha value is -1.07. The van der Waals surface area contributed by atoms with Crippen LogP contribution in [0.25, 0.3) is 0 Å². The molecule has 2 N–H and O–H groups in total. The summed E-state index contributed by atoms with van der Waals surface area (Å²) in [5.41, 5.74) is -0.127. The molecular weight excluding hydrogens is 262 g/mol. The standard InChI is InChI=1S/C14H21NO3S/c1-18-11-5-8-19-12(11)13(17)15-9-14(10-16)6-3-2-4-7-14/h5,8,16H,2-4,6-7,9-10H2,1H3,(H,15,17). The van der Waals surface area contributed by atoms with Gasteiger partial charge in [-0.2, -0.15) is 0 Å². The third-order valence-corrected chi connectivity index (χ3v) is 4.82. The Bertz CT molecular complexity index is 424. The number of carbonyl (C=O) groups is 1. The fourth-order valence-corrected chi connectivity index (χ4v) is 3.44. The minimum atomic E-state index is -0.127. The van der Waals surface area contributed by atoms with E-state index in [1.54, 1.807) is 13.2 Å². The fourth-order valence-electron chi connectivity index (χ4n) is 2.66. The van der Waals surface area contributed by atoms with Crippen LogP contribution in [0.4, 0.5) is 0 Å². The molecule has 0 bridgehead atoms. The van der Waals surface area contributed by atoms with Gasteiger partial charge in [-0.05, 0) is 24.3 Å². The second-order valence-electron chi connectivity index (χ2n) is 5.22. The van der Waals surface area contributed by atoms with Crippen molar-refractivity contribution in [2.45, 2.75) is 32.1 Å². The highest BCUT2D eigenvalue weighted by Crippen LogP contribution is 2.35. The molecule has 19 heavy (non-hydrogen) atoms. The monoisotopic (exact) mass is 283 g/mol. The van der Waals surface area contributed by atoms with Crippen LogP contribution in [0.2, 0.25) is 0 Å². The normalized spacial score (nSPS) is 18.0. The summed E-state index contributed by atoms with van der Waals surface area (Å²) in [5.74, 6) is 0.509. The first-order chi connectivity index (χ1) is 9.21. The van der Waals surface area contributed by atoms with Crippen LogP contribution in [0.1, 0.15) is 41.8 Å². The molecule has 0 unspecified atom stereocenters. The molecule has 1 aromatic heterocycles. The number of rotatable bonds is 5. The lowest BCUT2D eigenvalue weighted by molar-refractivity contribution is 0.0719. The van der Waals surface area contributed by atoms with Gasteiger partial charge in [0.25, 0.3) is 5.91 Å². The summed E-state index contributed by atoms with van der Waals surface area (Å²) in [6.07, 6.45) is 5.49. The van der Waals surface area contributed by atoms with Crippen molar-refractivity contribution in [3.63, 3.8) is 0 Å². The maximum Gasteiger partial charge on any atom is 0.265 e. The van der Waals surface area contributed by atoms with Crippen LogP contribution in [0, 0.1) is 5.41 Å². The minimum absolute atomic E-state index is 0.106. The zero-order chi connectivity index (χ0) is 13.7. The maximum atomic E-state index is 12.1. The number of thiophene rings is 1. The van der Waals surface area contributed by atoms with E-state index >= 15 is 0 Å². The quantitative estimate of drug-likeness (QED) is 0.872. The smallest absolute Gasteiger partial charge is 0.265 e. The number of aliphatic hydroxyl groups is 1. The SMILES string of the molecule is COc1ccsc1C(=O)NCC1(CO)CCCCC1. The van der Waals surface area contributed by atoms with E-state index in [0.29, 0.717) is 17.2 Å². The van der Waals surface area contributed by atoms with Crippen molar-refractivity contribution >= 4 is 17.2 Å². The molecule has 4 nitrogen and oxygen atoms in total. The number of carbonyl (C=O) groups excluding carboxylic acids is 1. The highest BCUT2D eigenvalue weighted by molar-refractivity contribution is 7.12. The topological polar surface area (TPSA) is 58.6 Å². The van der Waals surface area contributed by atoms with E-state index in [-0.39, 0.29) is 17.9 Å². The second-order valence-corrected chi connectivity index (χ2v) is 6.14. The molecule has 1 aliphatic rings. The van der Waals surface area contributed by atoms with E-state index in [0.717, 1.165) is 25.7 Å². The molecule has 1 aliphatic carbocycles. The summed E-state index contributed by atoms with van der Waals surface area (Å²) in [6.45, 7) is 0.693. The molecule has 1 aromatic rings. The Morgan fingerprint density at radius 1 is 1.47 bits per heavy atom. The molecule has 0 spiro atoms. The van der Waals surface area contributed by atoms with E-state index in [9.17, 15) is 9.90 Å². The van der Waals surface area contributed by atoms with Gasteiger partial charge in [-0.3, -0.25) is 4.79 Å². The number of ether oxygens (including phenoxy) is 1. The average Bonchev–Trinajstić information content (AvgIpc) is 2.94. The molecule has 0 aromatic carbocycles. The number of amides is 1. The summed E-state index contributed by atoms with van der Waals surface area (Å²) in [6, 6.07) is 1.79. The van der Waals surface area contributed by atoms with E-state index in [1.807, 2.05) is 5.38 Å². The van der Waals surface area contributed by atoms with Crippen molar-refractivity contribution in [2.24, 2.45) is 5.41 Å². The van der Waals surface area contributed by atoms with Crippen LogP contribution in [0.5, 0.6) is 5.75 Å². The molecule has 1 saturated carbocycles. The van der Waals surface area contributed by atoms with Crippen LogP contribution in [-0.2, 0) is 0 Å². The van der Waals surface area contributed by atoms with Crippen LogP contribution in [0.3, 0.4) is 0 Å². The molecule has 5 heteroatoms. The molecule has 1 amide bonds. The maximum absolute atomic E-state index is 12.1. The molecule has 0 saturated heterocycles. The Morgan fingerprint density at radius 3 is 2.84 bits per heavy atom. The fraction of sp³-hybridized carbons (Fsp3) is 0.643. The van der Waals surface area contributed by atoms with Crippen LogP contribution in [-0.4, -0.2) is 31.3 Å². The first kappa shape index (κ1) is 14.3. The van der Waals surface area contributed by atoms with E-state index in [2.05, 4.69) is 5.32 Å². The van der Waals surface area contributed by atoms with Crippen molar-refractivity contribution in [2.75, 3.05) is 20.3 Å². The van der Waals surface area contributed by atoms with E-state index in [1.165, 1.54) is 17.8 Å². The van der Waals surface area contributed by atoms with Gasteiger partial charge in [-0.25, -0.2) is 0 Å². The first-order valence-corrected chi connectivity index (χ1v) is 7.59. The third kappa shape index (κ3) is 3.28. The van der Waals surface area contributed by atoms with Gasteiger partial charge in [0.15, 0.2) is 0 Å². The predicted molar refractivity (Wildman–Crippen MR) is 75.8 cm³/mol. The number of aliphatic hydroxyl groups excluding tert-OH is 1. The van der Waals surface area contributed by atoms with Crippen LogP contribution >= 0.6 is 11.3 Å². The van der Waals surface area contributed by atoms with Crippen molar-refractivity contribution in [3.05, 3.63) is 16.3 Å². The van der Waals surface area contributed by atoms with Gasteiger partial charge in [-0.1, -0.05) is 19.3 Å². The first-order valence-electron chi connectivity index (χ1n) is 6.71. The van der Waals surface area contributed by atoms with Crippen molar-refractivity contribution < 1.29 is 14.6 Å². The van der Waals surface area contributed by atoms with Crippen LogP contribution in [0.15, 0.2) is 11.4 Å². The summed E-state index contributed by atoms with van der Waals surface area (Å²) >= 11 is 1.38. The van der Waals surface area contributed by atoms with Crippen molar-refractivity contribution in [1.82, 2.24) is 5.32 Å². The van der Waals surface area contributed by atoms with Crippen molar-refractivity contribution in [1.29, 1.82) is 0 Å². The van der Waals surface area contributed by atoms with Crippen molar-refractivity contribution in [3.8, 4) is 5.75 Å². The highest BCUT2D eigenvalue weighted by atomic mass is 32.1. The average molecular weight is 283 g/mol. The molecule has 0 radical (unpaired) electrons. The zero-order valence-corrected chi connectivity index (χ0v) is 12.1. The number of nitrogens with one attached hydrogen (secondary N) is 1. The van der Waals surface area contributed by atoms with Gasteiger partial charge in [0.1, 0.15) is 10.6 Å². The highest BCUT2D eigenvalue weighted by Gasteiger charge is 2.32. The molecule has 0 aliphatic heterocycles. The molecule has 1 fully saturated rings. The Kier molecular flexibility index (Phi) is 4.82. The number of hydrogen-bond donors (Lipinski definition) is 2. The van der Waals surface area contributed by atoms with Gasteiger partial charge < -0.3 is 15.2 Å². The summed E-state index contributed by atoms with van der Waals surface area (Å²) in [7, 11) is 1.56. The summed E-state index contributed by atoms with van der Waals surface area (Å²) in [5, 5.41) is 14.4. The molecule has 2 rings (SSSR count). The van der Waals surface area contributed by atoms with Gasteiger partial charge in [0, 0.05) is 12.0 Å². The Morgan fingerprint density at radius 2 is 2.21 bits per heavy atom. The summed E-state index contributed by atoms with van der Waals surface area (Å²) < 4.78 is 5.15. The van der Waals surface area contributed by atoms with Gasteiger partial charge in [0.2, 0.25) is 0 Å².